The smallest absolute Gasteiger partial charge is 0.306 e. The van der Waals surface area contributed by atoms with Gasteiger partial charge in [-0.3, -0.25) is 19.3 Å². The van der Waals surface area contributed by atoms with Crippen LogP contribution in [0.4, 0.5) is 0 Å². The summed E-state index contributed by atoms with van der Waals surface area (Å²) in [4.78, 5) is 36.3. The lowest BCUT2D eigenvalue weighted by Gasteiger charge is -2.29. The van der Waals surface area contributed by atoms with Gasteiger partial charge in [0.2, 0.25) is 11.8 Å². The van der Waals surface area contributed by atoms with E-state index in [-0.39, 0.29) is 36.2 Å². The number of carboxylic acids is 1. The lowest BCUT2D eigenvalue weighted by atomic mass is 9.85. The summed E-state index contributed by atoms with van der Waals surface area (Å²) in [5.74, 6) is -1.43. The van der Waals surface area contributed by atoms with E-state index in [9.17, 15) is 14.4 Å². The summed E-state index contributed by atoms with van der Waals surface area (Å²) >= 11 is 0. The van der Waals surface area contributed by atoms with Crippen molar-refractivity contribution in [2.24, 2.45) is 5.92 Å². The minimum Gasteiger partial charge on any atom is -0.481 e. The van der Waals surface area contributed by atoms with Gasteiger partial charge < -0.3 is 10.4 Å². The van der Waals surface area contributed by atoms with Gasteiger partial charge >= 0.3 is 5.97 Å². The zero-order valence-corrected chi connectivity index (χ0v) is 12.0. The summed E-state index contributed by atoms with van der Waals surface area (Å²) < 4.78 is 0. The van der Waals surface area contributed by atoms with Crippen LogP contribution in [0.15, 0.2) is 0 Å². The van der Waals surface area contributed by atoms with Crippen LogP contribution in [0.5, 0.6) is 0 Å². The van der Waals surface area contributed by atoms with E-state index in [2.05, 4.69) is 5.32 Å². The maximum absolute atomic E-state index is 12.2. The Balaban J connectivity index is 1.95. The van der Waals surface area contributed by atoms with Crippen LogP contribution in [0.3, 0.4) is 0 Å². The average Bonchev–Trinajstić information content (AvgIpc) is 2.64. The fourth-order valence-electron chi connectivity index (χ4n) is 3.17. The predicted molar refractivity (Wildman–Crippen MR) is 71.9 cm³/mol. The Morgan fingerprint density at radius 2 is 2.05 bits per heavy atom. The van der Waals surface area contributed by atoms with E-state index in [1.807, 2.05) is 13.8 Å². The third kappa shape index (κ3) is 3.00. The van der Waals surface area contributed by atoms with Crippen molar-refractivity contribution in [3.63, 3.8) is 0 Å². The number of hydrogen-bond acceptors (Lipinski definition) is 4. The molecule has 1 aliphatic heterocycles. The summed E-state index contributed by atoms with van der Waals surface area (Å²) in [6.45, 7) is 3.64. The van der Waals surface area contributed by atoms with Crippen molar-refractivity contribution >= 4 is 17.8 Å². The van der Waals surface area contributed by atoms with E-state index in [4.69, 9.17) is 5.11 Å². The minimum atomic E-state index is -0.769. The lowest BCUT2D eigenvalue weighted by molar-refractivity contribution is -0.143. The van der Waals surface area contributed by atoms with Gasteiger partial charge in [-0.25, -0.2) is 0 Å². The molecule has 2 N–H and O–H groups in total. The number of nitrogens with zero attached hydrogens (tertiary/aromatic N) is 1. The number of hydrogen-bond donors (Lipinski definition) is 2. The molecule has 1 aliphatic carbocycles. The first-order valence-electron chi connectivity index (χ1n) is 7.25. The van der Waals surface area contributed by atoms with Crippen LogP contribution in [0, 0.1) is 5.92 Å². The lowest BCUT2D eigenvalue weighted by Crippen LogP contribution is -2.47. The van der Waals surface area contributed by atoms with Gasteiger partial charge in [-0.1, -0.05) is 6.42 Å². The molecule has 1 heterocycles. The Hall–Kier alpha value is -1.43. The van der Waals surface area contributed by atoms with Crippen molar-refractivity contribution in [2.45, 2.75) is 64.1 Å². The van der Waals surface area contributed by atoms with Crippen molar-refractivity contribution in [2.75, 3.05) is 0 Å². The highest BCUT2D eigenvalue weighted by molar-refractivity contribution is 6.05. The molecule has 112 valence electrons. The highest BCUT2D eigenvalue weighted by Gasteiger charge is 2.41. The monoisotopic (exact) mass is 282 g/mol. The standard InChI is InChI=1S/C14H22N2O4/c1-8(2)16-12(17)7-11(13(16)18)15-10-5-3-4-9(6-10)14(19)20/h8-11,15H,3-7H2,1-2H3,(H,19,20). The van der Waals surface area contributed by atoms with Crippen molar-refractivity contribution in [3.8, 4) is 0 Å². The molecule has 0 aromatic heterocycles. The molecule has 0 bridgehead atoms. The van der Waals surface area contributed by atoms with Crippen LogP contribution in [0.2, 0.25) is 0 Å². The van der Waals surface area contributed by atoms with E-state index in [0.717, 1.165) is 12.8 Å². The largest absolute Gasteiger partial charge is 0.481 e. The summed E-state index contributed by atoms with van der Waals surface area (Å²) in [5.41, 5.74) is 0. The molecule has 1 saturated heterocycles. The molecule has 6 heteroatoms. The maximum atomic E-state index is 12.2. The molecule has 3 unspecified atom stereocenters. The van der Waals surface area contributed by atoms with Crippen molar-refractivity contribution in [1.29, 1.82) is 0 Å². The van der Waals surface area contributed by atoms with E-state index in [0.29, 0.717) is 12.8 Å². The molecule has 6 nitrogen and oxygen atoms in total. The molecule has 2 amide bonds. The number of nitrogens with one attached hydrogen (secondary N) is 1. The van der Waals surface area contributed by atoms with Crippen LogP contribution < -0.4 is 5.32 Å². The SMILES string of the molecule is CC(C)N1C(=O)CC(NC2CCCC(C(=O)O)C2)C1=O. The van der Waals surface area contributed by atoms with Gasteiger partial charge in [0.1, 0.15) is 0 Å². The van der Waals surface area contributed by atoms with E-state index < -0.39 is 12.0 Å². The fraction of sp³-hybridized carbons (Fsp3) is 0.786. The number of rotatable bonds is 4. The number of likely N-dealkylation sites (tertiary alicyclic amines) is 1. The van der Waals surface area contributed by atoms with Crippen LogP contribution >= 0.6 is 0 Å². The first-order valence-corrected chi connectivity index (χ1v) is 7.25. The number of imide groups is 1. The molecule has 2 rings (SSSR count). The highest BCUT2D eigenvalue weighted by atomic mass is 16.4. The Morgan fingerprint density at radius 3 is 2.60 bits per heavy atom. The van der Waals surface area contributed by atoms with Gasteiger partial charge in [0.05, 0.1) is 18.4 Å². The molecule has 0 radical (unpaired) electrons. The van der Waals surface area contributed by atoms with Crippen LogP contribution in [-0.2, 0) is 14.4 Å². The zero-order chi connectivity index (χ0) is 14.9. The summed E-state index contributed by atoms with van der Waals surface area (Å²) in [7, 11) is 0. The number of carbonyl (C=O) groups excluding carboxylic acids is 2. The number of aliphatic carboxylic acids is 1. The molecule has 20 heavy (non-hydrogen) atoms. The molecular formula is C14H22N2O4. The summed E-state index contributed by atoms with van der Waals surface area (Å²) in [5, 5.41) is 12.3. The molecule has 0 aromatic carbocycles. The maximum Gasteiger partial charge on any atom is 0.306 e. The first kappa shape index (κ1) is 15.0. The van der Waals surface area contributed by atoms with Gasteiger partial charge in [0.25, 0.3) is 0 Å². The molecular weight excluding hydrogens is 260 g/mol. The predicted octanol–water partition coefficient (Wildman–Crippen LogP) is 0.755. The highest BCUT2D eigenvalue weighted by Crippen LogP contribution is 2.26. The van der Waals surface area contributed by atoms with Gasteiger partial charge in [-0.15, -0.1) is 0 Å². The molecule has 1 saturated carbocycles. The normalized spacial score (nSPS) is 31.1. The second kappa shape index (κ2) is 5.91. The Kier molecular flexibility index (Phi) is 4.42. The summed E-state index contributed by atoms with van der Waals surface area (Å²) in [6, 6.07) is -0.596. The third-order valence-corrected chi connectivity index (χ3v) is 4.16. The molecule has 2 fully saturated rings. The van der Waals surface area contributed by atoms with E-state index >= 15 is 0 Å². The van der Waals surface area contributed by atoms with Crippen molar-refractivity contribution in [1.82, 2.24) is 10.2 Å². The number of carbonyl (C=O) groups is 3. The van der Waals surface area contributed by atoms with Crippen LogP contribution in [0.25, 0.3) is 0 Å². The van der Waals surface area contributed by atoms with Gasteiger partial charge in [0, 0.05) is 12.1 Å². The topological polar surface area (TPSA) is 86.7 Å². The molecule has 3 atom stereocenters. The minimum absolute atomic E-state index is 0.0127. The van der Waals surface area contributed by atoms with E-state index in [1.165, 1.54) is 4.90 Å². The average molecular weight is 282 g/mol. The molecule has 2 aliphatic rings. The van der Waals surface area contributed by atoms with Crippen molar-refractivity contribution in [3.05, 3.63) is 0 Å². The third-order valence-electron chi connectivity index (χ3n) is 4.16. The van der Waals surface area contributed by atoms with E-state index in [1.54, 1.807) is 0 Å². The van der Waals surface area contributed by atoms with Crippen LogP contribution in [-0.4, -0.2) is 45.9 Å². The van der Waals surface area contributed by atoms with Gasteiger partial charge in [-0.2, -0.15) is 0 Å². The number of amides is 2. The Morgan fingerprint density at radius 1 is 1.35 bits per heavy atom. The Bertz CT molecular complexity index is 421. The fourth-order valence-corrected chi connectivity index (χ4v) is 3.17. The molecule has 0 spiro atoms. The van der Waals surface area contributed by atoms with Crippen LogP contribution in [0.1, 0.15) is 46.0 Å². The molecule has 0 aromatic rings. The Labute approximate surface area is 118 Å². The van der Waals surface area contributed by atoms with Gasteiger partial charge in [0.15, 0.2) is 0 Å². The van der Waals surface area contributed by atoms with Gasteiger partial charge in [-0.05, 0) is 33.1 Å². The second-order valence-electron chi connectivity index (χ2n) is 6.02. The number of carboxylic acid groups (broad SMARTS) is 1. The summed E-state index contributed by atoms with van der Waals surface area (Å²) in [6.07, 6.45) is 3.13. The first-order chi connectivity index (χ1) is 9.40. The van der Waals surface area contributed by atoms with Crippen molar-refractivity contribution < 1.29 is 19.5 Å². The quantitative estimate of drug-likeness (QED) is 0.743. The second-order valence-corrected chi connectivity index (χ2v) is 6.02. The zero-order valence-electron chi connectivity index (χ0n) is 12.0.